The Hall–Kier alpha value is -0.570. The molecule has 2 rings (SSSR count). The summed E-state index contributed by atoms with van der Waals surface area (Å²) in [4.78, 5) is 12.2. The lowest BCUT2D eigenvalue weighted by Gasteiger charge is -2.50. The Bertz CT molecular complexity index is 293. The average Bonchev–Trinajstić information content (AvgIpc) is 2.29. The summed E-state index contributed by atoms with van der Waals surface area (Å²) in [6, 6.07) is 0.517. The standard InChI is InChI=1S/C14H26N2O/c1-9-4-6-10(7-5-9)13(17)16-12-8-11(15)14(12,2)3/h9-12H,4-8,15H2,1-3H3,(H,16,17). The molecule has 0 aliphatic heterocycles. The summed E-state index contributed by atoms with van der Waals surface area (Å²) in [5.74, 6) is 1.31. The number of carbonyl (C=O) groups excluding carboxylic acids is 1. The van der Waals surface area contributed by atoms with E-state index in [0.717, 1.165) is 25.2 Å². The molecule has 0 saturated heterocycles. The first-order valence-corrected chi connectivity index (χ1v) is 6.97. The van der Waals surface area contributed by atoms with E-state index >= 15 is 0 Å². The summed E-state index contributed by atoms with van der Waals surface area (Å²) < 4.78 is 0. The zero-order valence-corrected chi connectivity index (χ0v) is 11.3. The predicted molar refractivity (Wildman–Crippen MR) is 69.4 cm³/mol. The van der Waals surface area contributed by atoms with Crippen LogP contribution in [-0.4, -0.2) is 18.0 Å². The Morgan fingerprint density at radius 1 is 1.24 bits per heavy atom. The zero-order chi connectivity index (χ0) is 12.6. The molecule has 2 saturated carbocycles. The molecule has 98 valence electrons. The van der Waals surface area contributed by atoms with Crippen LogP contribution in [-0.2, 0) is 4.79 Å². The number of hydrogen-bond donors (Lipinski definition) is 2. The fourth-order valence-corrected chi connectivity index (χ4v) is 3.02. The highest BCUT2D eigenvalue weighted by molar-refractivity contribution is 5.79. The van der Waals surface area contributed by atoms with Crippen molar-refractivity contribution in [2.75, 3.05) is 0 Å². The van der Waals surface area contributed by atoms with E-state index in [9.17, 15) is 4.79 Å². The van der Waals surface area contributed by atoms with Crippen LogP contribution in [0.2, 0.25) is 0 Å². The van der Waals surface area contributed by atoms with Crippen LogP contribution in [0.1, 0.15) is 52.9 Å². The molecule has 0 aromatic rings. The number of hydrogen-bond acceptors (Lipinski definition) is 2. The van der Waals surface area contributed by atoms with Gasteiger partial charge >= 0.3 is 0 Å². The van der Waals surface area contributed by atoms with Gasteiger partial charge in [0.05, 0.1) is 0 Å². The summed E-state index contributed by atoms with van der Waals surface area (Å²) in [5.41, 5.74) is 6.03. The molecule has 17 heavy (non-hydrogen) atoms. The smallest absolute Gasteiger partial charge is 0.223 e. The van der Waals surface area contributed by atoms with Gasteiger partial charge in [0, 0.05) is 23.4 Å². The van der Waals surface area contributed by atoms with Gasteiger partial charge in [-0.1, -0.05) is 20.8 Å². The van der Waals surface area contributed by atoms with Gasteiger partial charge in [0.2, 0.25) is 5.91 Å². The van der Waals surface area contributed by atoms with Crippen molar-refractivity contribution in [1.29, 1.82) is 0 Å². The summed E-state index contributed by atoms with van der Waals surface area (Å²) >= 11 is 0. The number of nitrogens with two attached hydrogens (primary N) is 1. The Morgan fingerprint density at radius 3 is 2.29 bits per heavy atom. The third-order valence-corrected chi connectivity index (χ3v) is 5.05. The maximum atomic E-state index is 12.2. The fourth-order valence-electron chi connectivity index (χ4n) is 3.02. The third kappa shape index (κ3) is 2.49. The van der Waals surface area contributed by atoms with Crippen molar-refractivity contribution in [1.82, 2.24) is 5.32 Å². The van der Waals surface area contributed by atoms with Crippen molar-refractivity contribution in [2.24, 2.45) is 23.0 Å². The molecule has 2 fully saturated rings. The van der Waals surface area contributed by atoms with E-state index in [1.807, 2.05) is 0 Å². The van der Waals surface area contributed by atoms with Crippen molar-refractivity contribution in [2.45, 2.75) is 65.0 Å². The van der Waals surface area contributed by atoms with Crippen LogP contribution >= 0.6 is 0 Å². The molecule has 0 heterocycles. The minimum Gasteiger partial charge on any atom is -0.352 e. The highest BCUT2D eigenvalue weighted by Gasteiger charge is 2.47. The second-order valence-corrected chi connectivity index (χ2v) is 6.68. The second-order valence-electron chi connectivity index (χ2n) is 6.68. The summed E-state index contributed by atoms with van der Waals surface area (Å²) in [6.07, 6.45) is 5.46. The van der Waals surface area contributed by atoms with Crippen molar-refractivity contribution in [3.8, 4) is 0 Å². The first kappa shape index (κ1) is 12.9. The molecule has 1 amide bonds. The van der Waals surface area contributed by atoms with Crippen molar-refractivity contribution in [3.63, 3.8) is 0 Å². The molecule has 0 aromatic carbocycles. The fraction of sp³-hybridized carbons (Fsp3) is 0.929. The van der Waals surface area contributed by atoms with E-state index < -0.39 is 0 Å². The number of nitrogens with one attached hydrogen (secondary N) is 1. The number of amides is 1. The van der Waals surface area contributed by atoms with Gasteiger partial charge in [-0.25, -0.2) is 0 Å². The van der Waals surface area contributed by atoms with Gasteiger partial charge in [0.15, 0.2) is 0 Å². The van der Waals surface area contributed by atoms with Crippen LogP contribution < -0.4 is 11.1 Å². The van der Waals surface area contributed by atoms with Crippen LogP contribution in [0, 0.1) is 17.3 Å². The van der Waals surface area contributed by atoms with Gasteiger partial charge in [0.1, 0.15) is 0 Å². The van der Waals surface area contributed by atoms with Gasteiger partial charge in [-0.15, -0.1) is 0 Å². The SMILES string of the molecule is CC1CCC(C(=O)NC2CC(N)C2(C)C)CC1. The Morgan fingerprint density at radius 2 is 1.82 bits per heavy atom. The Kier molecular flexibility index (Phi) is 3.48. The van der Waals surface area contributed by atoms with E-state index in [1.54, 1.807) is 0 Å². The lowest BCUT2D eigenvalue weighted by atomic mass is 9.63. The predicted octanol–water partition coefficient (Wildman–Crippen LogP) is 2.05. The minimum absolute atomic E-state index is 0.0671. The lowest BCUT2D eigenvalue weighted by Crippen LogP contribution is -2.65. The van der Waals surface area contributed by atoms with E-state index in [2.05, 4.69) is 26.1 Å². The van der Waals surface area contributed by atoms with Gasteiger partial charge in [-0.2, -0.15) is 0 Å². The number of carbonyl (C=O) groups is 1. The molecule has 0 bridgehead atoms. The van der Waals surface area contributed by atoms with Gasteiger partial charge < -0.3 is 11.1 Å². The molecule has 0 spiro atoms. The average molecular weight is 238 g/mol. The quantitative estimate of drug-likeness (QED) is 0.773. The Balaban J connectivity index is 1.82. The molecular formula is C14H26N2O. The third-order valence-electron chi connectivity index (χ3n) is 5.05. The highest BCUT2D eigenvalue weighted by atomic mass is 16.2. The van der Waals surface area contributed by atoms with Crippen LogP contribution in [0.4, 0.5) is 0 Å². The Labute approximate surface area is 105 Å². The number of rotatable bonds is 2. The topological polar surface area (TPSA) is 55.1 Å². The second kappa shape index (κ2) is 4.60. The van der Waals surface area contributed by atoms with E-state index in [0.29, 0.717) is 0 Å². The largest absolute Gasteiger partial charge is 0.352 e. The van der Waals surface area contributed by atoms with Gasteiger partial charge in [0.25, 0.3) is 0 Å². The first-order chi connectivity index (χ1) is 7.91. The van der Waals surface area contributed by atoms with Crippen molar-refractivity contribution in [3.05, 3.63) is 0 Å². The van der Waals surface area contributed by atoms with Crippen LogP contribution in [0.15, 0.2) is 0 Å². The zero-order valence-electron chi connectivity index (χ0n) is 11.3. The normalized spacial score (nSPS) is 40.5. The highest BCUT2D eigenvalue weighted by Crippen LogP contribution is 2.39. The molecular weight excluding hydrogens is 212 g/mol. The van der Waals surface area contributed by atoms with Crippen LogP contribution in [0.3, 0.4) is 0 Å². The van der Waals surface area contributed by atoms with E-state index in [1.165, 1.54) is 12.8 Å². The molecule has 3 N–H and O–H groups in total. The first-order valence-electron chi connectivity index (χ1n) is 6.97. The van der Waals surface area contributed by atoms with Gasteiger partial charge in [-0.05, 0) is 38.0 Å². The van der Waals surface area contributed by atoms with E-state index in [-0.39, 0.29) is 29.3 Å². The molecule has 2 atom stereocenters. The molecule has 2 aliphatic carbocycles. The molecule has 0 aromatic heterocycles. The molecule has 3 nitrogen and oxygen atoms in total. The van der Waals surface area contributed by atoms with Crippen molar-refractivity contribution >= 4 is 5.91 Å². The molecule has 2 unspecified atom stereocenters. The minimum atomic E-state index is 0.0671. The van der Waals surface area contributed by atoms with Gasteiger partial charge in [-0.3, -0.25) is 4.79 Å². The summed E-state index contributed by atoms with van der Waals surface area (Å²) in [5, 5.41) is 3.20. The maximum Gasteiger partial charge on any atom is 0.223 e. The lowest BCUT2D eigenvalue weighted by molar-refractivity contribution is -0.129. The van der Waals surface area contributed by atoms with Crippen LogP contribution in [0.25, 0.3) is 0 Å². The van der Waals surface area contributed by atoms with Crippen molar-refractivity contribution < 1.29 is 4.79 Å². The molecule has 0 radical (unpaired) electrons. The van der Waals surface area contributed by atoms with Crippen LogP contribution in [0.5, 0.6) is 0 Å². The molecule has 3 heteroatoms. The molecule has 2 aliphatic rings. The monoisotopic (exact) mass is 238 g/mol. The summed E-state index contributed by atoms with van der Waals surface area (Å²) in [7, 11) is 0. The summed E-state index contributed by atoms with van der Waals surface area (Å²) in [6.45, 7) is 6.58. The van der Waals surface area contributed by atoms with E-state index in [4.69, 9.17) is 5.73 Å². The maximum absolute atomic E-state index is 12.2.